The molecule has 0 radical (unpaired) electrons. The van der Waals surface area contributed by atoms with E-state index in [4.69, 9.17) is 9.05 Å². The van der Waals surface area contributed by atoms with Gasteiger partial charge in [-0.15, -0.1) is 0 Å². The number of rotatable bonds is 11. The van der Waals surface area contributed by atoms with Crippen LogP contribution in [0.4, 0.5) is 0 Å². The maximum Gasteiger partial charge on any atom is 0.472 e. The highest BCUT2D eigenvalue weighted by Crippen LogP contribution is 2.49. The smallest absolute Gasteiger partial charge is 0.472 e. The number of cyclic esters (lactones) is 1. The van der Waals surface area contributed by atoms with Gasteiger partial charge in [0.25, 0.3) is 0 Å². The Kier molecular flexibility index (Phi) is 10.4. The number of ether oxygens (including phenoxy) is 1. The highest BCUT2D eigenvalue weighted by molar-refractivity contribution is 7.47. The second-order valence-electron chi connectivity index (χ2n) is 9.70. The van der Waals surface area contributed by atoms with Gasteiger partial charge in [-0.1, -0.05) is 80.2 Å². The molecule has 2 rings (SSSR count). The minimum Gasteiger partial charge on any atom is -0.847 e. The summed E-state index contributed by atoms with van der Waals surface area (Å²) in [5, 5.41) is 31.1. The second-order valence-corrected chi connectivity index (χ2v) is 11.1. The maximum absolute atomic E-state index is 13.0. The molecule has 2 aliphatic rings. The van der Waals surface area contributed by atoms with Gasteiger partial charge in [-0.05, 0) is 43.8 Å². The van der Waals surface area contributed by atoms with Gasteiger partial charge in [0, 0.05) is 0 Å². The average molecular weight is 550 g/mol. The first-order chi connectivity index (χ1) is 17.6. The summed E-state index contributed by atoms with van der Waals surface area (Å²) in [5.74, 6) is -3.89. The van der Waals surface area contributed by atoms with Gasteiger partial charge in [0.2, 0.25) is 5.76 Å². The van der Waals surface area contributed by atoms with E-state index in [0.29, 0.717) is 5.57 Å². The second kappa shape index (κ2) is 12.7. The lowest BCUT2D eigenvalue weighted by Gasteiger charge is -2.37. The van der Waals surface area contributed by atoms with Crippen molar-refractivity contribution in [3.8, 4) is 0 Å². The first-order valence-electron chi connectivity index (χ1n) is 11.8. The Hall–Kier alpha value is -3.01. The van der Waals surface area contributed by atoms with E-state index in [1.807, 2.05) is 64.2 Å². The van der Waals surface area contributed by atoms with E-state index < -0.39 is 61.4 Å². The molecule has 38 heavy (non-hydrogen) atoms. The van der Waals surface area contributed by atoms with Gasteiger partial charge < -0.3 is 24.9 Å². The average Bonchev–Trinajstić information content (AvgIpc) is 3.08. The number of hydrogen-bond acceptors (Lipinski definition) is 9. The van der Waals surface area contributed by atoms with Crippen molar-refractivity contribution < 1.29 is 48.2 Å². The van der Waals surface area contributed by atoms with Crippen LogP contribution in [0.3, 0.4) is 0 Å². The third kappa shape index (κ3) is 7.99. The maximum atomic E-state index is 13.0. The molecule has 0 aromatic rings. The molecule has 3 N–H and O–H groups in total. The summed E-state index contributed by atoms with van der Waals surface area (Å²) >= 11 is 0. The lowest BCUT2D eigenvalue weighted by molar-refractivity contribution is -0.438. The number of phosphoric acid groups is 1. The number of phosphoric ester groups is 1. The number of aliphatic hydroxyl groups excluding tert-OH is 2. The van der Waals surface area contributed by atoms with Crippen LogP contribution < -0.4 is 5.11 Å². The molecule has 0 fully saturated rings. The van der Waals surface area contributed by atoms with Crippen molar-refractivity contribution in [2.45, 2.75) is 59.4 Å². The van der Waals surface area contributed by atoms with E-state index in [-0.39, 0.29) is 6.42 Å². The van der Waals surface area contributed by atoms with Crippen molar-refractivity contribution in [1.82, 2.24) is 0 Å². The van der Waals surface area contributed by atoms with Crippen LogP contribution in [0.15, 0.2) is 82.9 Å². The SMILES string of the molecule is C=C/C=C(C)/C=C/C=C(C)/C=C/C1=C(C)C(=O)C(OP(=O)(O)OC[C@H]([O-])[C@H]2OC(=O)C(O)=C2O)CC1(C)C. The van der Waals surface area contributed by atoms with E-state index in [2.05, 4.69) is 11.3 Å². The summed E-state index contributed by atoms with van der Waals surface area (Å²) in [6.07, 6.45) is 8.02. The van der Waals surface area contributed by atoms with E-state index in [0.717, 1.165) is 16.7 Å². The van der Waals surface area contributed by atoms with Crippen LogP contribution in [0.1, 0.15) is 41.0 Å². The van der Waals surface area contributed by atoms with Gasteiger partial charge in [-0.3, -0.25) is 13.8 Å². The number of hydrogen-bond donors (Lipinski definition) is 3. The van der Waals surface area contributed by atoms with Gasteiger partial charge in [-0.2, -0.15) is 0 Å². The fourth-order valence-corrected chi connectivity index (χ4v) is 4.90. The number of allylic oxidation sites excluding steroid dienone is 10. The molecule has 0 saturated carbocycles. The third-order valence-electron chi connectivity index (χ3n) is 6.04. The van der Waals surface area contributed by atoms with Crippen molar-refractivity contribution >= 4 is 19.6 Å². The predicted octanol–water partition coefficient (Wildman–Crippen LogP) is 3.98. The topological polar surface area (TPSA) is 163 Å². The quantitative estimate of drug-likeness (QED) is 0.195. The van der Waals surface area contributed by atoms with Crippen LogP contribution in [-0.2, 0) is 27.9 Å². The summed E-state index contributed by atoms with van der Waals surface area (Å²) in [6, 6.07) is 0. The number of carbonyl (C=O) groups excluding carboxylic acids is 2. The summed E-state index contributed by atoms with van der Waals surface area (Å²) in [4.78, 5) is 34.4. The molecule has 1 aliphatic carbocycles. The third-order valence-corrected chi connectivity index (χ3v) is 7.04. The molecule has 4 atom stereocenters. The molecule has 0 saturated heterocycles. The summed E-state index contributed by atoms with van der Waals surface area (Å²) in [5.41, 5.74) is 2.49. The molecule has 10 nitrogen and oxygen atoms in total. The van der Waals surface area contributed by atoms with Crippen LogP contribution in [-0.4, -0.2) is 51.8 Å². The van der Waals surface area contributed by atoms with Crippen molar-refractivity contribution in [3.63, 3.8) is 0 Å². The lowest BCUT2D eigenvalue weighted by atomic mass is 9.71. The summed E-state index contributed by atoms with van der Waals surface area (Å²) < 4.78 is 26.9. The zero-order chi connectivity index (χ0) is 28.8. The van der Waals surface area contributed by atoms with Gasteiger partial charge >= 0.3 is 13.8 Å². The van der Waals surface area contributed by atoms with Crippen molar-refractivity contribution in [1.29, 1.82) is 0 Å². The first kappa shape index (κ1) is 31.2. The monoisotopic (exact) mass is 549 g/mol. The van der Waals surface area contributed by atoms with E-state index >= 15 is 0 Å². The summed E-state index contributed by atoms with van der Waals surface area (Å²) in [6.45, 7) is 11.9. The molecule has 0 amide bonds. The Balaban J connectivity index is 2.09. The fraction of sp³-hybridized carbons (Fsp3) is 0.407. The van der Waals surface area contributed by atoms with Gasteiger partial charge in [-0.25, -0.2) is 9.36 Å². The molecule has 0 bridgehead atoms. The molecule has 0 aromatic heterocycles. The van der Waals surface area contributed by atoms with Crippen molar-refractivity contribution in [3.05, 3.63) is 82.9 Å². The van der Waals surface area contributed by atoms with Gasteiger partial charge in [0.05, 0.1) is 6.61 Å². The number of carbonyl (C=O) groups is 2. The number of aliphatic hydroxyl groups is 2. The molecule has 2 unspecified atom stereocenters. The minimum atomic E-state index is -4.89. The fourth-order valence-electron chi connectivity index (χ4n) is 4.01. The van der Waals surface area contributed by atoms with Crippen LogP contribution in [0.2, 0.25) is 0 Å². The molecule has 0 aromatic carbocycles. The molecular formula is C27H34O10P-. The Morgan fingerprint density at radius 1 is 1.24 bits per heavy atom. The largest absolute Gasteiger partial charge is 0.847 e. The standard InChI is InChI=1S/C27H34O10P/c1-7-9-16(2)10-8-11-17(3)12-13-19-18(4)22(29)21(14-27(19,5)6)37-38(33,34)35-15-20(28)25-23(30)24(31)26(32)36-25/h7-13,20-21,25,30-31H,1,14-15H2,2-6H3,(H,33,34)/q-1/b10-8+,13-12+,16-9+,17-11+/t20-,21?,25+/m0/s1. The number of ketones is 1. The lowest BCUT2D eigenvalue weighted by Crippen LogP contribution is -2.43. The molecule has 1 heterocycles. The van der Waals surface area contributed by atoms with Crippen molar-refractivity contribution in [2.24, 2.45) is 5.41 Å². The molecule has 0 spiro atoms. The highest BCUT2D eigenvalue weighted by Gasteiger charge is 2.42. The van der Waals surface area contributed by atoms with E-state index in [1.54, 1.807) is 13.0 Å². The number of Topliss-reactive ketones (excluding diaryl/α,β-unsaturated/α-hetero) is 1. The van der Waals surface area contributed by atoms with Crippen LogP contribution in [0.5, 0.6) is 0 Å². The van der Waals surface area contributed by atoms with Gasteiger partial charge in [0.1, 0.15) is 6.10 Å². The Labute approximate surface area is 222 Å². The zero-order valence-electron chi connectivity index (χ0n) is 22.0. The van der Waals surface area contributed by atoms with E-state index in [9.17, 15) is 34.4 Å². The Morgan fingerprint density at radius 2 is 1.87 bits per heavy atom. The van der Waals surface area contributed by atoms with Crippen LogP contribution in [0.25, 0.3) is 0 Å². The van der Waals surface area contributed by atoms with Crippen LogP contribution >= 0.6 is 7.82 Å². The highest BCUT2D eigenvalue weighted by atomic mass is 31.2. The normalized spacial score (nSPS) is 25.3. The zero-order valence-corrected chi connectivity index (χ0v) is 22.9. The molecule has 1 aliphatic heterocycles. The van der Waals surface area contributed by atoms with Crippen molar-refractivity contribution in [2.75, 3.05) is 6.61 Å². The minimum absolute atomic E-state index is 0.0728. The predicted molar refractivity (Wildman–Crippen MR) is 139 cm³/mol. The molecule has 208 valence electrons. The van der Waals surface area contributed by atoms with Gasteiger partial charge in [0.15, 0.2) is 17.6 Å². The molecular weight excluding hydrogens is 515 g/mol. The molecule has 11 heteroatoms. The number of esters is 1. The summed E-state index contributed by atoms with van der Waals surface area (Å²) in [7, 11) is -4.89. The Morgan fingerprint density at radius 3 is 2.45 bits per heavy atom. The Bertz CT molecular complexity index is 1200. The van der Waals surface area contributed by atoms with E-state index in [1.165, 1.54) is 0 Å². The first-order valence-corrected chi connectivity index (χ1v) is 13.3. The van der Waals surface area contributed by atoms with Crippen LogP contribution in [0, 0.1) is 5.41 Å².